The van der Waals surface area contributed by atoms with Gasteiger partial charge in [0.05, 0.1) is 0 Å². The van der Waals surface area contributed by atoms with Crippen LogP contribution in [0.25, 0.3) is 0 Å². The fourth-order valence-corrected chi connectivity index (χ4v) is 1.50. The van der Waals surface area contributed by atoms with Gasteiger partial charge in [-0.3, -0.25) is 0 Å². The minimum absolute atomic E-state index is 0.736. The lowest BCUT2D eigenvalue weighted by atomic mass is 10.1. The van der Waals surface area contributed by atoms with Crippen molar-refractivity contribution in [2.75, 3.05) is 0 Å². The molecule has 0 saturated heterocycles. The Morgan fingerprint density at radius 2 is 2.00 bits per heavy atom. The Morgan fingerprint density at radius 1 is 1.30 bits per heavy atom. The molecule has 0 rings (SSSR count). The van der Waals surface area contributed by atoms with Gasteiger partial charge in [-0.05, 0) is 6.42 Å². The molecule has 0 amide bonds. The van der Waals surface area contributed by atoms with E-state index in [9.17, 15) is 0 Å². The van der Waals surface area contributed by atoms with Crippen molar-refractivity contribution < 1.29 is 0 Å². The smallest absolute Gasteiger partial charge is 0.0120 e. The lowest BCUT2D eigenvalue weighted by molar-refractivity contribution is 0.631. The molecule has 0 bridgehead atoms. The van der Waals surface area contributed by atoms with Crippen LogP contribution in [0, 0.1) is 0 Å². The van der Waals surface area contributed by atoms with E-state index in [0.29, 0.717) is 0 Å². The number of hydrogen-bond donors (Lipinski definition) is 1. The molecule has 0 spiro atoms. The first-order chi connectivity index (χ1) is 4.81. The zero-order valence-electron chi connectivity index (χ0n) is 6.97. The summed E-state index contributed by atoms with van der Waals surface area (Å²) in [5, 5.41) is 0.736. The summed E-state index contributed by atoms with van der Waals surface area (Å²) in [5.74, 6) is 0. The molecule has 0 aromatic rings. The molecule has 0 N–H and O–H groups in total. The predicted octanol–water partition coefficient (Wildman–Crippen LogP) is 3.92. The first-order valence-corrected chi connectivity index (χ1v) is 6.04. The van der Waals surface area contributed by atoms with Crippen molar-refractivity contribution in [3.63, 3.8) is 0 Å². The zero-order chi connectivity index (χ0) is 7.82. The summed E-state index contributed by atoms with van der Waals surface area (Å²) in [6.45, 7) is 4.49. The Labute approximate surface area is 74.0 Å². The average molecular weight is 178 g/mol. The van der Waals surface area contributed by atoms with Crippen LogP contribution in [0.4, 0.5) is 0 Å². The fourth-order valence-electron chi connectivity index (χ4n) is 0.911. The van der Waals surface area contributed by atoms with Crippen LogP contribution in [0.1, 0.15) is 46.0 Å². The minimum Gasteiger partial charge on any atom is -0.111 e. The topological polar surface area (TPSA) is 0 Å². The number of hydrogen-bond acceptors (Lipinski definition) is 2. The molecule has 10 heavy (non-hydrogen) atoms. The Hall–Kier alpha value is 0.700. The highest BCUT2D eigenvalue weighted by molar-refractivity contribution is 8.68. The maximum absolute atomic E-state index is 4.16. The molecule has 0 aliphatic heterocycles. The predicted molar refractivity (Wildman–Crippen MR) is 54.8 cm³/mol. The Morgan fingerprint density at radius 3 is 2.50 bits per heavy atom. The zero-order valence-corrected chi connectivity index (χ0v) is 8.68. The Balaban J connectivity index is 2.89. The summed E-state index contributed by atoms with van der Waals surface area (Å²) in [5.41, 5.74) is 0. The Kier molecular flexibility index (Phi) is 8.35. The number of rotatable bonds is 6. The lowest BCUT2D eigenvalue weighted by Crippen LogP contribution is -1.92. The van der Waals surface area contributed by atoms with E-state index < -0.39 is 0 Å². The summed E-state index contributed by atoms with van der Waals surface area (Å²) in [7, 11) is 1.68. The van der Waals surface area contributed by atoms with Crippen LogP contribution >= 0.6 is 22.5 Å². The van der Waals surface area contributed by atoms with Crippen LogP contribution in [0.15, 0.2) is 0 Å². The molecule has 1 unspecified atom stereocenters. The molecular weight excluding hydrogens is 160 g/mol. The van der Waals surface area contributed by atoms with Gasteiger partial charge in [0.15, 0.2) is 0 Å². The highest BCUT2D eigenvalue weighted by Crippen LogP contribution is 2.19. The van der Waals surface area contributed by atoms with Crippen molar-refractivity contribution >= 4 is 22.5 Å². The molecule has 1 atom stereocenters. The van der Waals surface area contributed by atoms with Crippen molar-refractivity contribution in [2.45, 2.75) is 51.2 Å². The number of thiol groups is 1. The van der Waals surface area contributed by atoms with Crippen molar-refractivity contribution in [1.82, 2.24) is 0 Å². The first-order valence-electron chi connectivity index (χ1n) is 4.11. The van der Waals surface area contributed by atoms with Crippen LogP contribution in [0.3, 0.4) is 0 Å². The van der Waals surface area contributed by atoms with Gasteiger partial charge in [0.1, 0.15) is 0 Å². The third-order valence-electron chi connectivity index (χ3n) is 1.64. The van der Waals surface area contributed by atoms with Crippen molar-refractivity contribution in [1.29, 1.82) is 0 Å². The van der Waals surface area contributed by atoms with Crippen LogP contribution in [0.2, 0.25) is 0 Å². The minimum atomic E-state index is 0.736. The SMILES string of the molecule is CCCCCCC(C)SS. The Bertz CT molecular complexity index is 64.3. The molecule has 0 radical (unpaired) electrons. The molecule has 0 fully saturated rings. The summed E-state index contributed by atoms with van der Waals surface area (Å²) in [4.78, 5) is 0. The molecule has 0 aliphatic rings. The van der Waals surface area contributed by atoms with Gasteiger partial charge in [-0.2, -0.15) is 0 Å². The van der Waals surface area contributed by atoms with Gasteiger partial charge >= 0.3 is 0 Å². The highest BCUT2D eigenvalue weighted by atomic mass is 33.1. The normalized spacial score (nSPS) is 13.5. The van der Waals surface area contributed by atoms with Crippen LogP contribution in [-0.2, 0) is 0 Å². The van der Waals surface area contributed by atoms with Crippen molar-refractivity contribution in [3.8, 4) is 0 Å². The highest BCUT2D eigenvalue weighted by Gasteiger charge is 1.97. The molecule has 62 valence electrons. The van der Waals surface area contributed by atoms with E-state index in [-0.39, 0.29) is 0 Å². The monoisotopic (exact) mass is 178 g/mol. The first kappa shape index (κ1) is 10.7. The van der Waals surface area contributed by atoms with E-state index in [1.807, 2.05) is 0 Å². The van der Waals surface area contributed by atoms with Gasteiger partial charge < -0.3 is 0 Å². The van der Waals surface area contributed by atoms with E-state index in [2.05, 4.69) is 25.5 Å². The molecule has 0 aromatic carbocycles. The van der Waals surface area contributed by atoms with Crippen LogP contribution in [0.5, 0.6) is 0 Å². The maximum Gasteiger partial charge on any atom is 0.0120 e. The van der Waals surface area contributed by atoms with Crippen molar-refractivity contribution in [2.24, 2.45) is 0 Å². The molecular formula is C8H18S2. The second-order valence-electron chi connectivity index (χ2n) is 2.77. The van der Waals surface area contributed by atoms with E-state index in [4.69, 9.17) is 0 Å². The van der Waals surface area contributed by atoms with Gasteiger partial charge in [-0.15, -0.1) is 11.7 Å². The molecule has 0 nitrogen and oxygen atoms in total. The van der Waals surface area contributed by atoms with Gasteiger partial charge in [0.2, 0.25) is 0 Å². The van der Waals surface area contributed by atoms with Gasteiger partial charge in [0.25, 0.3) is 0 Å². The average Bonchev–Trinajstić information content (AvgIpc) is 1.98. The molecule has 0 saturated carbocycles. The number of unbranched alkanes of at least 4 members (excludes halogenated alkanes) is 3. The standard InChI is InChI=1S/C8H18S2/c1-3-4-5-6-7-8(2)10-9/h8-9H,3-7H2,1-2H3. The van der Waals surface area contributed by atoms with Gasteiger partial charge in [-0.1, -0.05) is 50.3 Å². The second-order valence-corrected chi connectivity index (χ2v) is 4.41. The third-order valence-corrected chi connectivity index (χ3v) is 3.32. The summed E-state index contributed by atoms with van der Waals surface area (Å²) in [6, 6.07) is 0. The summed E-state index contributed by atoms with van der Waals surface area (Å²) < 4.78 is 0. The van der Waals surface area contributed by atoms with Crippen molar-refractivity contribution in [3.05, 3.63) is 0 Å². The molecule has 0 aromatic heterocycles. The second kappa shape index (κ2) is 7.80. The summed E-state index contributed by atoms with van der Waals surface area (Å²) in [6.07, 6.45) is 6.83. The van der Waals surface area contributed by atoms with E-state index in [0.717, 1.165) is 5.25 Å². The molecule has 2 heteroatoms. The fraction of sp³-hybridized carbons (Fsp3) is 1.00. The van der Waals surface area contributed by atoms with Gasteiger partial charge in [0, 0.05) is 5.25 Å². The van der Waals surface area contributed by atoms with Crippen LogP contribution in [-0.4, -0.2) is 5.25 Å². The van der Waals surface area contributed by atoms with E-state index in [1.165, 1.54) is 32.1 Å². The third kappa shape index (κ3) is 6.81. The lowest BCUT2D eigenvalue weighted by Gasteiger charge is -2.05. The maximum atomic E-state index is 4.16. The van der Waals surface area contributed by atoms with E-state index >= 15 is 0 Å². The summed E-state index contributed by atoms with van der Waals surface area (Å²) >= 11 is 4.16. The van der Waals surface area contributed by atoms with Crippen LogP contribution < -0.4 is 0 Å². The van der Waals surface area contributed by atoms with Gasteiger partial charge in [-0.25, -0.2) is 0 Å². The molecule has 0 heterocycles. The molecule has 0 aliphatic carbocycles. The largest absolute Gasteiger partial charge is 0.111 e. The van der Waals surface area contributed by atoms with E-state index in [1.54, 1.807) is 10.8 Å². The quantitative estimate of drug-likeness (QED) is 0.365.